The van der Waals surface area contributed by atoms with Gasteiger partial charge in [0.15, 0.2) is 0 Å². The number of amides is 2. The molecule has 0 aliphatic heterocycles. The molecule has 220 valence electrons. The zero-order valence-electron chi connectivity index (χ0n) is 24.2. The summed E-state index contributed by atoms with van der Waals surface area (Å²) >= 11 is 12.5. The number of halogens is 2. The molecular formula is C31H37Cl2N3O4S. The van der Waals surface area contributed by atoms with Gasteiger partial charge >= 0.3 is 0 Å². The van der Waals surface area contributed by atoms with Gasteiger partial charge in [-0.25, -0.2) is 8.42 Å². The SMILES string of the molecule is CC[C@H](C)NC(=O)[C@@H](C)N(Cc1ccc(Cl)cc1Cl)C(=O)CN(c1cc(C)cc(C)c1)S(=O)(=O)c1ccc(C)cc1. The summed E-state index contributed by atoms with van der Waals surface area (Å²) in [6, 6.07) is 15.8. The standard InChI is InChI=1S/C31H37Cl2N3O4S/c1-7-23(5)34-31(38)24(6)35(18-25-10-11-26(32)17-29(25)33)30(37)19-36(27-15-21(3)14-22(4)16-27)41(39,40)28-12-8-20(2)9-13-28/h8-17,23-24H,7,18-19H2,1-6H3,(H,34,38)/t23-,24+/m0/s1. The number of anilines is 1. The van der Waals surface area contributed by atoms with Gasteiger partial charge in [-0.05, 0) is 94.1 Å². The van der Waals surface area contributed by atoms with E-state index in [0.717, 1.165) is 21.0 Å². The highest BCUT2D eigenvalue weighted by molar-refractivity contribution is 7.92. The minimum atomic E-state index is -4.15. The maximum absolute atomic E-state index is 14.1. The molecule has 0 bridgehead atoms. The van der Waals surface area contributed by atoms with Crippen molar-refractivity contribution in [2.45, 2.75) is 71.5 Å². The molecule has 2 atom stereocenters. The molecule has 0 aliphatic rings. The molecule has 2 amide bonds. The lowest BCUT2D eigenvalue weighted by Gasteiger charge is -2.33. The van der Waals surface area contributed by atoms with Gasteiger partial charge in [0.05, 0.1) is 10.6 Å². The van der Waals surface area contributed by atoms with E-state index in [0.29, 0.717) is 27.7 Å². The molecule has 7 nitrogen and oxygen atoms in total. The van der Waals surface area contributed by atoms with Crippen LogP contribution >= 0.6 is 23.2 Å². The highest BCUT2D eigenvalue weighted by atomic mass is 35.5. The zero-order chi connectivity index (χ0) is 30.5. The first-order valence-electron chi connectivity index (χ1n) is 13.4. The van der Waals surface area contributed by atoms with Gasteiger partial charge in [0, 0.05) is 22.6 Å². The normalized spacial score (nSPS) is 12.9. The van der Waals surface area contributed by atoms with Crippen molar-refractivity contribution in [2.24, 2.45) is 0 Å². The Kier molecular flexibility index (Phi) is 10.9. The summed E-state index contributed by atoms with van der Waals surface area (Å²) in [7, 11) is -4.15. The second-order valence-corrected chi connectivity index (χ2v) is 13.1. The Morgan fingerprint density at radius 3 is 2.05 bits per heavy atom. The summed E-state index contributed by atoms with van der Waals surface area (Å²) in [5.74, 6) is -0.908. The first-order chi connectivity index (χ1) is 19.2. The van der Waals surface area contributed by atoms with E-state index >= 15 is 0 Å². The van der Waals surface area contributed by atoms with E-state index in [1.54, 1.807) is 49.4 Å². The quantitative estimate of drug-likeness (QED) is 0.268. The van der Waals surface area contributed by atoms with Crippen LogP contribution in [-0.2, 0) is 26.2 Å². The number of hydrogen-bond acceptors (Lipinski definition) is 4. The molecule has 0 saturated heterocycles. The number of aryl methyl sites for hydroxylation is 3. The molecule has 0 saturated carbocycles. The van der Waals surface area contributed by atoms with Crippen molar-refractivity contribution >= 4 is 50.7 Å². The molecule has 0 radical (unpaired) electrons. The molecule has 0 fully saturated rings. The molecule has 0 spiro atoms. The smallest absolute Gasteiger partial charge is 0.264 e. The molecule has 41 heavy (non-hydrogen) atoms. The Labute approximate surface area is 253 Å². The third-order valence-electron chi connectivity index (χ3n) is 6.91. The van der Waals surface area contributed by atoms with Crippen molar-refractivity contribution in [2.75, 3.05) is 10.8 Å². The molecule has 1 N–H and O–H groups in total. The van der Waals surface area contributed by atoms with Crippen LogP contribution in [0, 0.1) is 20.8 Å². The lowest BCUT2D eigenvalue weighted by molar-refractivity contribution is -0.139. The fraction of sp³-hybridized carbons (Fsp3) is 0.355. The largest absolute Gasteiger partial charge is 0.352 e. The summed E-state index contributed by atoms with van der Waals surface area (Å²) < 4.78 is 29.1. The van der Waals surface area contributed by atoms with Crippen LogP contribution in [0.1, 0.15) is 49.4 Å². The Balaban J connectivity index is 2.08. The van der Waals surface area contributed by atoms with Gasteiger partial charge in [-0.2, -0.15) is 0 Å². The van der Waals surface area contributed by atoms with E-state index in [1.165, 1.54) is 17.0 Å². The van der Waals surface area contributed by atoms with Gasteiger partial charge in [0.1, 0.15) is 12.6 Å². The van der Waals surface area contributed by atoms with Crippen LogP contribution < -0.4 is 9.62 Å². The first kappa shape index (κ1) is 32.4. The van der Waals surface area contributed by atoms with Crippen LogP contribution in [0.25, 0.3) is 0 Å². The second kappa shape index (κ2) is 13.7. The van der Waals surface area contributed by atoms with Crippen LogP contribution in [-0.4, -0.2) is 43.8 Å². The number of carbonyl (C=O) groups is 2. The monoisotopic (exact) mass is 617 g/mol. The predicted octanol–water partition coefficient (Wildman–Crippen LogP) is 6.45. The fourth-order valence-electron chi connectivity index (χ4n) is 4.34. The van der Waals surface area contributed by atoms with Gasteiger partial charge in [-0.15, -0.1) is 0 Å². The molecule has 3 aromatic carbocycles. The Morgan fingerprint density at radius 1 is 0.878 bits per heavy atom. The summed E-state index contributed by atoms with van der Waals surface area (Å²) in [6.45, 7) is 10.5. The topological polar surface area (TPSA) is 86.8 Å². The van der Waals surface area contributed by atoms with Crippen LogP contribution in [0.5, 0.6) is 0 Å². The van der Waals surface area contributed by atoms with Crippen LogP contribution in [0.4, 0.5) is 5.69 Å². The third-order valence-corrected chi connectivity index (χ3v) is 9.28. The van der Waals surface area contributed by atoms with Gasteiger partial charge in [-0.3, -0.25) is 13.9 Å². The molecule has 10 heteroatoms. The molecule has 0 heterocycles. The highest BCUT2D eigenvalue weighted by Crippen LogP contribution is 2.28. The first-order valence-corrected chi connectivity index (χ1v) is 15.6. The minimum Gasteiger partial charge on any atom is -0.352 e. The third kappa shape index (κ3) is 8.24. The predicted molar refractivity (Wildman–Crippen MR) is 166 cm³/mol. The number of rotatable bonds is 11. The summed E-state index contributed by atoms with van der Waals surface area (Å²) in [5, 5.41) is 3.69. The van der Waals surface area contributed by atoms with Crippen molar-refractivity contribution < 1.29 is 18.0 Å². The fourth-order valence-corrected chi connectivity index (χ4v) is 6.21. The Hall–Kier alpha value is -3.07. The number of nitrogens with zero attached hydrogens (tertiary/aromatic N) is 2. The van der Waals surface area contributed by atoms with Crippen LogP contribution in [0.2, 0.25) is 10.0 Å². The average Bonchev–Trinajstić information content (AvgIpc) is 2.90. The van der Waals surface area contributed by atoms with E-state index in [1.807, 2.05) is 40.7 Å². The maximum Gasteiger partial charge on any atom is 0.264 e. The molecule has 0 aromatic heterocycles. The molecular weight excluding hydrogens is 581 g/mol. The number of nitrogens with one attached hydrogen (secondary N) is 1. The number of hydrogen-bond donors (Lipinski definition) is 1. The van der Waals surface area contributed by atoms with Crippen molar-refractivity contribution in [3.63, 3.8) is 0 Å². The van der Waals surface area contributed by atoms with Crippen molar-refractivity contribution in [1.29, 1.82) is 0 Å². The number of benzene rings is 3. The molecule has 3 rings (SSSR count). The van der Waals surface area contributed by atoms with E-state index in [9.17, 15) is 18.0 Å². The summed E-state index contributed by atoms with van der Waals surface area (Å²) in [5.41, 5.74) is 3.54. The van der Waals surface area contributed by atoms with Crippen LogP contribution in [0.3, 0.4) is 0 Å². The Bertz CT molecular complexity index is 1490. The van der Waals surface area contributed by atoms with Crippen molar-refractivity contribution in [1.82, 2.24) is 10.2 Å². The van der Waals surface area contributed by atoms with E-state index in [4.69, 9.17) is 23.2 Å². The van der Waals surface area contributed by atoms with Crippen molar-refractivity contribution in [3.8, 4) is 0 Å². The molecule has 0 unspecified atom stereocenters. The second-order valence-electron chi connectivity index (χ2n) is 10.4. The van der Waals surface area contributed by atoms with E-state index in [-0.39, 0.29) is 23.4 Å². The lowest BCUT2D eigenvalue weighted by Crippen LogP contribution is -2.52. The lowest BCUT2D eigenvalue weighted by atomic mass is 10.1. The average molecular weight is 619 g/mol. The van der Waals surface area contributed by atoms with Gasteiger partial charge < -0.3 is 10.2 Å². The van der Waals surface area contributed by atoms with Gasteiger partial charge in [0.2, 0.25) is 11.8 Å². The maximum atomic E-state index is 14.1. The number of carbonyl (C=O) groups excluding carboxylic acids is 2. The molecule has 0 aliphatic carbocycles. The Morgan fingerprint density at radius 2 is 1.49 bits per heavy atom. The van der Waals surface area contributed by atoms with E-state index in [2.05, 4.69) is 5.32 Å². The van der Waals surface area contributed by atoms with Crippen LogP contribution in [0.15, 0.2) is 65.6 Å². The van der Waals surface area contributed by atoms with Gasteiger partial charge in [-0.1, -0.05) is 60.0 Å². The summed E-state index contributed by atoms with van der Waals surface area (Å²) in [4.78, 5) is 28.7. The summed E-state index contributed by atoms with van der Waals surface area (Å²) in [6.07, 6.45) is 0.713. The molecule has 3 aromatic rings. The van der Waals surface area contributed by atoms with Crippen molar-refractivity contribution in [3.05, 3.63) is 93.0 Å². The zero-order valence-corrected chi connectivity index (χ0v) is 26.6. The minimum absolute atomic E-state index is 0.0187. The van der Waals surface area contributed by atoms with Gasteiger partial charge in [0.25, 0.3) is 10.0 Å². The number of sulfonamides is 1. The highest BCUT2D eigenvalue weighted by Gasteiger charge is 2.33. The van der Waals surface area contributed by atoms with E-state index < -0.39 is 28.5 Å².